The number of aliphatic hydroxyl groups is 1. The van der Waals surface area contributed by atoms with Crippen molar-refractivity contribution in [2.45, 2.75) is 33.4 Å². The molecule has 1 heterocycles. The van der Waals surface area contributed by atoms with Crippen molar-refractivity contribution < 1.29 is 5.11 Å². The molecule has 0 spiro atoms. The second-order valence-corrected chi connectivity index (χ2v) is 5.38. The van der Waals surface area contributed by atoms with Crippen LogP contribution in [-0.4, -0.2) is 14.7 Å². The highest BCUT2D eigenvalue weighted by molar-refractivity contribution is 5.75. The average Bonchev–Trinajstić information content (AvgIpc) is 2.63. The standard InChI is InChI=1S/C14H20N2O2/c1-9(2)14(18,10(3)4)16-12-8-6-5-7-11(12)15-13(16)17/h5-10,18H,1-4H3,(H,15,17). The van der Waals surface area contributed by atoms with E-state index < -0.39 is 5.72 Å². The fourth-order valence-corrected chi connectivity index (χ4v) is 2.59. The van der Waals surface area contributed by atoms with Gasteiger partial charge in [-0.05, 0) is 12.1 Å². The van der Waals surface area contributed by atoms with Crippen molar-refractivity contribution in [1.29, 1.82) is 0 Å². The lowest BCUT2D eigenvalue weighted by Crippen LogP contribution is -2.48. The first-order valence-corrected chi connectivity index (χ1v) is 6.31. The maximum atomic E-state index is 12.1. The highest BCUT2D eigenvalue weighted by Gasteiger charge is 2.39. The Labute approximate surface area is 106 Å². The Hall–Kier alpha value is -1.55. The van der Waals surface area contributed by atoms with Crippen LogP contribution in [0.25, 0.3) is 11.0 Å². The third-order valence-corrected chi connectivity index (χ3v) is 3.65. The first kappa shape index (κ1) is 12.9. The Morgan fingerprint density at radius 1 is 1.17 bits per heavy atom. The summed E-state index contributed by atoms with van der Waals surface area (Å²) in [6.45, 7) is 7.70. The summed E-state index contributed by atoms with van der Waals surface area (Å²) >= 11 is 0. The van der Waals surface area contributed by atoms with Crippen LogP contribution in [0.3, 0.4) is 0 Å². The fourth-order valence-electron chi connectivity index (χ4n) is 2.59. The molecule has 0 saturated carbocycles. The number of aromatic nitrogens is 2. The number of imidazole rings is 1. The Bertz CT molecular complexity index is 600. The number of benzene rings is 1. The molecule has 0 aliphatic carbocycles. The largest absolute Gasteiger partial charge is 0.370 e. The maximum absolute atomic E-state index is 12.1. The topological polar surface area (TPSA) is 58.0 Å². The van der Waals surface area contributed by atoms with Gasteiger partial charge < -0.3 is 10.1 Å². The van der Waals surface area contributed by atoms with E-state index in [2.05, 4.69) is 4.98 Å². The molecule has 0 saturated heterocycles. The van der Waals surface area contributed by atoms with Crippen LogP contribution in [0.15, 0.2) is 29.1 Å². The fraction of sp³-hybridized carbons (Fsp3) is 0.500. The zero-order valence-electron chi connectivity index (χ0n) is 11.3. The highest BCUT2D eigenvalue weighted by atomic mass is 16.3. The van der Waals surface area contributed by atoms with Gasteiger partial charge in [-0.1, -0.05) is 39.8 Å². The molecule has 4 nitrogen and oxygen atoms in total. The minimum atomic E-state index is -1.18. The van der Waals surface area contributed by atoms with Gasteiger partial charge in [-0.25, -0.2) is 4.79 Å². The van der Waals surface area contributed by atoms with Gasteiger partial charge in [0.15, 0.2) is 5.72 Å². The SMILES string of the molecule is CC(C)C(O)(C(C)C)n1c(=O)[nH]c2ccccc21. The molecule has 2 N–H and O–H groups in total. The molecular formula is C14H20N2O2. The number of nitrogens with one attached hydrogen (secondary N) is 1. The van der Waals surface area contributed by atoms with Gasteiger partial charge in [0.25, 0.3) is 0 Å². The molecule has 0 radical (unpaired) electrons. The van der Waals surface area contributed by atoms with E-state index in [4.69, 9.17) is 0 Å². The number of rotatable bonds is 3. The van der Waals surface area contributed by atoms with E-state index in [0.717, 1.165) is 11.0 Å². The van der Waals surface area contributed by atoms with Crippen molar-refractivity contribution in [3.8, 4) is 0 Å². The van der Waals surface area contributed by atoms with Crippen molar-refractivity contribution >= 4 is 11.0 Å². The number of nitrogens with zero attached hydrogens (tertiary/aromatic N) is 1. The third kappa shape index (κ3) is 1.68. The van der Waals surface area contributed by atoms with Gasteiger partial charge in [0.05, 0.1) is 11.0 Å². The number of H-pyrrole nitrogens is 1. The van der Waals surface area contributed by atoms with Crippen molar-refractivity contribution in [3.63, 3.8) is 0 Å². The Morgan fingerprint density at radius 2 is 1.72 bits per heavy atom. The average molecular weight is 248 g/mol. The van der Waals surface area contributed by atoms with E-state index in [-0.39, 0.29) is 17.5 Å². The van der Waals surface area contributed by atoms with Crippen molar-refractivity contribution in [2.24, 2.45) is 11.8 Å². The first-order valence-electron chi connectivity index (χ1n) is 6.31. The molecule has 1 aromatic heterocycles. The molecule has 4 heteroatoms. The Balaban J connectivity index is 2.80. The van der Waals surface area contributed by atoms with E-state index in [1.807, 2.05) is 52.0 Å². The molecule has 18 heavy (non-hydrogen) atoms. The number of hydrogen-bond acceptors (Lipinski definition) is 2. The second kappa shape index (κ2) is 4.28. The van der Waals surface area contributed by atoms with Gasteiger partial charge in [0.1, 0.15) is 0 Å². The lowest BCUT2D eigenvalue weighted by molar-refractivity contribution is -0.119. The van der Waals surface area contributed by atoms with E-state index >= 15 is 0 Å². The highest BCUT2D eigenvalue weighted by Crippen LogP contribution is 2.32. The number of fused-ring (bicyclic) bond motifs is 1. The molecule has 0 bridgehead atoms. The molecular weight excluding hydrogens is 228 g/mol. The van der Waals surface area contributed by atoms with Crippen LogP contribution in [0, 0.1) is 11.8 Å². The summed E-state index contributed by atoms with van der Waals surface area (Å²) in [5, 5.41) is 10.9. The van der Waals surface area contributed by atoms with E-state index in [0.29, 0.717) is 0 Å². The van der Waals surface area contributed by atoms with Gasteiger partial charge in [0, 0.05) is 11.8 Å². The van der Waals surface area contributed by atoms with Gasteiger partial charge in [-0.3, -0.25) is 4.57 Å². The minimum absolute atomic E-state index is 0.0607. The molecule has 2 aromatic rings. The third-order valence-electron chi connectivity index (χ3n) is 3.65. The molecule has 0 unspecified atom stereocenters. The molecule has 1 aromatic carbocycles. The summed E-state index contributed by atoms with van der Waals surface area (Å²) in [6.07, 6.45) is 0. The molecule has 0 aliphatic heterocycles. The molecule has 0 atom stereocenters. The zero-order chi connectivity index (χ0) is 13.5. The van der Waals surface area contributed by atoms with Gasteiger partial charge >= 0.3 is 5.69 Å². The van der Waals surface area contributed by atoms with Crippen LogP contribution in [0.2, 0.25) is 0 Å². The lowest BCUT2D eigenvalue weighted by atomic mass is 9.88. The van der Waals surface area contributed by atoms with Crippen molar-refractivity contribution in [3.05, 3.63) is 34.7 Å². The lowest BCUT2D eigenvalue weighted by Gasteiger charge is -2.37. The summed E-state index contributed by atoms with van der Waals surface area (Å²) < 4.78 is 1.48. The maximum Gasteiger partial charge on any atom is 0.328 e. The zero-order valence-corrected chi connectivity index (χ0v) is 11.3. The summed E-state index contributed by atoms with van der Waals surface area (Å²) in [5.74, 6) is -0.121. The summed E-state index contributed by atoms with van der Waals surface area (Å²) in [6, 6.07) is 7.43. The first-order chi connectivity index (χ1) is 8.39. The van der Waals surface area contributed by atoms with E-state index in [1.54, 1.807) is 0 Å². The molecule has 0 aliphatic rings. The van der Waals surface area contributed by atoms with Crippen LogP contribution >= 0.6 is 0 Å². The normalized spacial score (nSPS) is 12.8. The van der Waals surface area contributed by atoms with Crippen molar-refractivity contribution in [1.82, 2.24) is 9.55 Å². The monoisotopic (exact) mass is 248 g/mol. The smallest absolute Gasteiger partial charge is 0.328 e. The predicted octanol–water partition coefficient (Wildman–Crippen LogP) is 2.29. The molecule has 0 amide bonds. The Kier molecular flexibility index (Phi) is 3.07. The minimum Gasteiger partial charge on any atom is -0.370 e. The number of aromatic amines is 1. The summed E-state index contributed by atoms with van der Waals surface area (Å²) in [7, 11) is 0. The molecule has 2 rings (SSSR count). The molecule has 0 fully saturated rings. The Morgan fingerprint density at radius 3 is 2.28 bits per heavy atom. The van der Waals surface area contributed by atoms with E-state index in [1.165, 1.54) is 4.57 Å². The van der Waals surface area contributed by atoms with Crippen LogP contribution in [0.1, 0.15) is 27.7 Å². The predicted molar refractivity (Wildman–Crippen MR) is 72.4 cm³/mol. The van der Waals surface area contributed by atoms with Crippen molar-refractivity contribution in [2.75, 3.05) is 0 Å². The quantitative estimate of drug-likeness (QED) is 0.875. The number of para-hydroxylation sites is 2. The second-order valence-electron chi connectivity index (χ2n) is 5.38. The van der Waals surface area contributed by atoms with Crippen LogP contribution in [-0.2, 0) is 5.72 Å². The van der Waals surface area contributed by atoms with Crippen LogP contribution in [0.4, 0.5) is 0 Å². The summed E-state index contributed by atoms with van der Waals surface area (Å²) in [4.78, 5) is 14.9. The van der Waals surface area contributed by atoms with Gasteiger partial charge in [-0.15, -0.1) is 0 Å². The van der Waals surface area contributed by atoms with Crippen LogP contribution in [0.5, 0.6) is 0 Å². The van der Waals surface area contributed by atoms with Crippen LogP contribution < -0.4 is 5.69 Å². The summed E-state index contributed by atoms with van der Waals surface area (Å²) in [5.41, 5.74) is 0.0483. The molecule has 98 valence electrons. The van der Waals surface area contributed by atoms with Gasteiger partial charge in [-0.2, -0.15) is 0 Å². The van der Waals surface area contributed by atoms with Gasteiger partial charge in [0.2, 0.25) is 0 Å². The number of hydrogen-bond donors (Lipinski definition) is 2. The van der Waals surface area contributed by atoms with E-state index in [9.17, 15) is 9.90 Å².